The molecule has 2 aromatic rings. The maximum absolute atomic E-state index is 14.1. The fourth-order valence-corrected chi connectivity index (χ4v) is 6.46. The summed E-state index contributed by atoms with van der Waals surface area (Å²) >= 11 is 0. The summed E-state index contributed by atoms with van der Waals surface area (Å²) in [6, 6.07) is 11.0. The van der Waals surface area contributed by atoms with Crippen LogP contribution in [-0.2, 0) is 14.3 Å². The number of hydrogen-bond donors (Lipinski definition) is 2. The Hall–Kier alpha value is -3.76. The van der Waals surface area contributed by atoms with Crippen molar-refractivity contribution in [1.29, 1.82) is 0 Å². The number of hydrogen-bond acceptors (Lipinski definition) is 9. The van der Waals surface area contributed by atoms with Gasteiger partial charge in [0, 0.05) is 42.9 Å². The van der Waals surface area contributed by atoms with Gasteiger partial charge < -0.3 is 34.5 Å². The number of ketones is 1. The molecule has 0 aromatic heterocycles. The summed E-state index contributed by atoms with van der Waals surface area (Å²) in [6.45, 7) is 9.09. The number of methoxy groups -OCH3 is 3. The van der Waals surface area contributed by atoms with E-state index in [1.165, 1.54) is 0 Å². The summed E-state index contributed by atoms with van der Waals surface area (Å²) in [5.74, 6) is 1.35. The zero-order valence-corrected chi connectivity index (χ0v) is 26.0. The normalized spacial score (nSPS) is 20.0. The molecule has 0 spiro atoms. The van der Waals surface area contributed by atoms with Gasteiger partial charge in [-0.25, -0.2) is 0 Å². The SMILES string of the molecule is COc1ccc(C2C3=C(CC(C)(C)CC3=O)Nc3ccccc3N2CC(=O)NCCCN2CCOCC2)c(OC)c1OC. The summed E-state index contributed by atoms with van der Waals surface area (Å²) in [5.41, 5.74) is 3.69. The van der Waals surface area contributed by atoms with Crippen molar-refractivity contribution in [2.24, 2.45) is 5.41 Å². The Balaban J connectivity index is 1.54. The molecule has 1 amide bonds. The Labute approximate surface area is 254 Å². The first-order valence-electron chi connectivity index (χ1n) is 15.0. The first-order chi connectivity index (χ1) is 20.8. The molecule has 5 rings (SSSR count). The zero-order chi connectivity index (χ0) is 30.6. The second kappa shape index (κ2) is 13.3. The molecule has 0 bridgehead atoms. The van der Waals surface area contributed by atoms with Crippen LogP contribution in [0, 0.1) is 5.41 Å². The van der Waals surface area contributed by atoms with Crippen molar-refractivity contribution >= 4 is 23.1 Å². The highest BCUT2D eigenvalue weighted by atomic mass is 16.5. The van der Waals surface area contributed by atoms with E-state index in [-0.39, 0.29) is 23.7 Å². The molecule has 10 heteroatoms. The minimum atomic E-state index is -0.608. The van der Waals surface area contributed by atoms with Crippen LogP contribution in [-0.4, -0.2) is 83.9 Å². The van der Waals surface area contributed by atoms with Crippen LogP contribution < -0.4 is 29.7 Å². The first-order valence-corrected chi connectivity index (χ1v) is 15.0. The summed E-state index contributed by atoms with van der Waals surface area (Å²) in [7, 11) is 4.72. The number of rotatable bonds is 10. The van der Waals surface area contributed by atoms with E-state index in [1.807, 2.05) is 41.3 Å². The van der Waals surface area contributed by atoms with E-state index in [9.17, 15) is 9.59 Å². The van der Waals surface area contributed by atoms with E-state index in [1.54, 1.807) is 21.3 Å². The molecule has 1 aliphatic carbocycles. The number of morpholine rings is 1. The van der Waals surface area contributed by atoms with Crippen LogP contribution in [0.2, 0.25) is 0 Å². The predicted molar refractivity (Wildman–Crippen MR) is 166 cm³/mol. The molecular weight excluding hydrogens is 548 g/mol. The maximum atomic E-state index is 14.1. The fourth-order valence-electron chi connectivity index (χ4n) is 6.46. The molecule has 10 nitrogen and oxygen atoms in total. The predicted octanol–water partition coefficient (Wildman–Crippen LogP) is 4.17. The van der Waals surface area contributed by atoms with E-state index in [0.29, 0.717) is 42.2 Å². The molecule has 3 aliphatic rings. The van der Waals surface area contributed by atoms with Crippen LogP contribution in [0.25, 0.3) is 0 Å². The van der Waals surface area contributed by atoms with Crippen LogP contribution in [0.5, 0.6) is 17.2 Å². The minimum absolute atomic E-state index is 0.0457. The largest absolute Gasteiger partial charge is 0.493 e. The monoisotopic (exact) mass is 592 g/mol. The van der Waals surface area contributed by atoms with Gasteiger partial charge in [0.15, 0.2) is 17.3 Å². The number of Topliss-reactive ketones (excluding diaryl/α,β-unsaturated/α-hetero) is 1. The number of benzene rings is 2. The highest BCUT2D eigenvalue weighted by Crippen LogP contribution is 2.52. The Morgan fingerprint density at radius 1 is 1.02 bits per heavy atom. The molecule has 1 unspecified atom stereocenters. The topological polar surface area (TPSA) is 102 Å². The molecule has 2 N–H and O–H groups in total. The Morgan fingerprint density at radius 2 is 1.77 bits per heavy atom. The van der Waals surface area contributed by atoms with Gasteiger partial charge in [-0.2, -0.15) is 0 Å². The van der Waals surface area contributed by atoms with E-state index >= 15 is 0 Å². The average Bonchev–Trinajstić information content (AvgIpc) is 3.12. The van der Waals surface area contributed by atoms with Gasteiger partial charge in [0.2, 0.25) is 11.7 Å². The van der Waals surface area contributed by atoms with Gasteiger partial charge in [0.05, 0.1) is 58.5 Å². The molecule has 0 radical (unpaired) electrons. The summed E-state index contributed by atoms with van der Waals surface area (Å²) in [4.78, 5) is 32.0. The number of carbonyl (C=O) groups excluding carboxylic acids is 2. The van der Waals surface area contributed by atoms with Crippen LogP contribution in [0.15, 0.2) is 47.7 Å². The Morgan fingerprint density at radius 3 is 2.49 bits per heavy atom. The van der Waals surface area contributed by atoms with Crippen molar-refractivity contribution in [2.75, 3.05) is 77.5 Å². The van der Waals surface area contributed by atoms with Crippen molar-refractivity contribution in [1.82, 2.24) is 10.2 Å². The van der Waals surface area contributed by atoms with E-state index < -0.39 is 6.04 Å². The molecule has 2 aromatic carbocycles. The van der Waals surface area contributed by atoms with E-state index in [0.717, 1.165) is 61.9 Å². The van der Waals surface area contributed by atoms with Crippen LogP contribution in [0.1, 0.15) is 44.7 Å². The van der Waals surface area contributed by atoms with Crippen molar-refractivity contribution < 1.29 is 28.5 Å². The number of fused-ring (bicyclic) bond motifs is 1. The molecule has 2 heterocycles. The maximum Gasteiger partial charge on any atom is 0.239 e. The lowest BCUT2D eigenvalue weighted by molar-refractivity contribution is -0.120. The molecular formula is C33H44N4O6. The van der Waals surface area contributed by atoms with Gasteiger partial charge in [-0.1, -0.05) is 26.0 Å². The van der Waals surface area contributed by atoms with Crippen LogP contribution in [0.3, 0.4) is 0 Å². The van der Waals surface area contributed by atoms with Gasteiger partial charge in [0.25, 0.3) is 0 Å². The van der Waals surface area contributed by atoms with Crippen molar-refractivity contribution in [2.45, 2.75) is 39.2 Å². The zero-order valence-electron chi connectivity index (χ0n) is 26.0. The Bertz CT molecular complexity index is 1370. The Kier molecular flexibility index (Phi) is 9.46. The van der Waals surface area contributed by atoms with Crippen molar-refractivity contribution in [3.63, 3.8) is 0 Å². The number of nitrogens with zero attached hydrogens (tertiary/aromatic N) is 2. The lowest BCUT2D eigenvalue weighted by Crippen LogP contribution is -2.43. The highest BCUT2D eigenvalue weighted by molar-refractivity contribution is 6.02. The second-order valence-corrected chi connectivity index (χ2v) is 12.1. The van der Waals surface area contributed by atoms with Gasteiger partial charge in [-0.3, -0.25) is 14.5 Å². The molecule has 1 atom stereocenters. The minimum Gasteiger partial charge on any atom is -0.493 e. The fraction of sp³-hybridized carbons (Fsp3) is 0.515. The van der Waals surface area contributed by atoms with E-state index in [4.69, 9.17) is 18.9 Å². The molecule has 2 aliphatic heterocycles. The molecule has 1 saturated heterocycles. The smallest absolute Gasteiger partial charge is 0.239 e. The molecule has 43 heavy (non-hydrogen) atoms. The molecule has 0 saturated carbocycles. The standard InChI is InChI=1S/C33H44N4O6/c1-33(2)19-24-29(26(38)20-33)30(22-11-12-27(40-3)32(42-5)31(22)41-4)37(25-10-7-6-9-23(25)35-24)21-28(39)34-13-8-14-36-15-17-43-18-16-36/h6-7,9-12,30,35H,8,13-21H2,1-5H3,(H,34,39). The lowest BCUT2D eigenvalue weighted by Gasteiger charge is -2.38. The number of carbonyl (C=O) groups is 2. The molecule has 232 valence electrons. The second-order valence-electron chi connectivity index (χ2n) is 12.1. The number of para-hydroxylation sites is 2. The number of nitrogens with one attached hydrogen (secondary N) is 2. The van der Waals surface area contributed by atoms with Gasteiger partial charge in [0.1, 0.15) is 0 Å². The summed E-state index contributed by atoms with van der Waals surface area (Å²) in [6.07, 6.45) is 1.94. The molecule has 1 fully saturated rings. The van der Waals surface area contributed by atoms with E-state index in [2.05, 4.69) is 29.4 Å². The number of ether oxygens (including phenoxy) is 4. The highest BCUT2D eigenvalue weighted by Gasteiger charge is 2.43. The van der Waals surface area contributed by atoms with Crippen LogP contribution in [0.4, 0.5) is 11.4 Å². The number of amides is 1. The summed E-state index contributed by atoms with van der Waals surface area (Å²) < 4.78 is 22.7. The van der Waals surface area contributed by atoms with Gasteiger partial charge >= 0.3 is 0 Å². The third-order valence-corrected chi connectivity index (χ3v) is 8.42. The quantitative estimate of drug-likeness (QED) is 0.394. The third kappa shape index (κ3) is 6.60. The van der Waals surface area contributed by atoms with Gasteiger partial charge in [-0.05, 0) is 49.1 Å². The average molecular weight is 593 g/mol. The van der Waals surface area contributed by atoms with Gasteiger partial charge in [-0.15, -0.1) is 0 Å². The van der Waals surface area contributed by atoms with Crippen molar-refractivity contribution in [3.8, 4) is 17.2 Å². The number of allylic oxidation sites excluding steroid dienone is 1. The first kappa shape index (κ1) is 30.7. The van der Waals surface area contributed by atoms with Crippen molar-refractivity contribution in [3.05, 3.63) is 53.2 Å². The third-order valence-electron chi connectivity index (χ3n) is 8.42. The number of anilines is 2. The van der Waals surface area contributed by atoms with Crippen LogP contribution >= 0.6 is 0 Å². The lowest BCUT2D eigenvalue weighted by atomic mass is 9.73. The summed E-state index contributed by atoms with van der Waals surface area (Å²) in [5, 5.41) is 6.72.